The van der Waals surface area contributed by atoms with E-state index in [1.807, 2.05) is 13.8 Å². The molecule has 1 aliphatic carbocycles. The first kappa shape index (κ1) is 15.7. The highest BCUT2D eigenvalue weighted by Crippen LogP contribution is 2.59. The highest BCUT2D eigenvalue weighted by atomic mass is 19.1. The molecule has 0 amide bonds. The normalized spacial score (nSPS) is 23.8. The summed E-state index contributed by atoms with van der Waals surface area (Å²) in [5.41, 5.74) is 0.821. The molecule has 0 heterocycles. The van der Waals surface area contributed by atoms with Crippen LogP contribution in [-0.4, -0.2) is 5.97 Å². The third-order valence-electron chi connectivity index (χ3n) is 4.29. The molecule has 1 fully saturated rings. The van der Waals surface area contributed by atoms with Crippen LogP contribution in [0.25, 0.3) is 0 Å². The van der Waals surface area contributed by atoms with Gasteiger partial charge in [0.05, 0.1) is 11.7 Å². The molecule has 1 aliphatic rings. The Balaban J connectivity index is 2.02. The van der Waals surface area contributed by atoms with Gasteiger partial charge >= 0.3 is 5.97 Å². The van der Waals surface area contributed by atoms with Gasteiger partial charge < -0.3 is 4.74 Å². The number of carbonyl (C=O) groups is 1. The molecule has 21 heavy (non-hydrogen) atoms. The molecule has 0 aromatic heterocycles. The lowest BCUT2D eigenvalue weighted by Crippen LogP contribution is -2.12. The fourth-order valence-corrected chi connectivity index (χ4v) is 2.77. The van der Waals surface area contributed by atoms with Gasteiger partial charge in [-0.05, 0) is 42.9 Å². The molecule has 1 saturated carbocycles. The van der Waals surface area contributed by atoms with E-state index in [0.717, 1.165) is 5.56 Å². The summed E-state index contributed by atoms with van der Waals surface area (Å²) in [5.74, 6) is -1.60. The van der Waals surface area contributed by atoms with E-state index in [2.05, 4.69) is 0 Å². The smallest absolute Gasteiger partial charge is 0.310 e. The Morgan fingerprint density at radius 3 is 2.67 bits per heavy atom. The Morgan fingerprint density at radius 1 is 1.43 bits per heavy atom. The second kappa shape index (κ2) is 5.58. The SMILES string of the molecule is C/C(F)=C\C1[C@@H](C(=O)OCc2c(C)cccc2F)C1(C)C. The molecule has 0 bridgehead atoms. The molecule has 4 heteroatoms. The number of hydrogen-bond donors (Lipinski definition) is 0. The number of allylic oxidation sites excluding steroid dienone is 2. The van der Waals surface area contributed by atoms with E-state index in [1.165, 1.54) is 19.1 Å². The number of benzene rings is 1. The summed E-state index contributed by atoms with van der Waals surface area (Å²) in [7, 11) is 0. The number of hydrogen-bond acceptors (Lipinski definition) is 2. The molecule has 0 radical (unpaired) electrons. The van der Waals surface area contributed by atoms with Gasteiger partial charge in [0, 0.05) is 5.56 Å². The zero-order chi connectivity index (χ0) is 15.8. The summed E-state index contributed by atoms with van der Waals surface area (Å²) in [4.78, 5) is 12.1. The van der Waals surface area contributed by atoms with Crippen LogP contribution in [0.1, 0.15) is 31.9 Å². The predicted octanol–water partition coefficient (Wildman–Crippen LogP) is 4.32. The molecule has 0 spiro atoms. The minimum absolute atomic E-state index is 0.0883. The fourth-order valence-electron chi connectivity index (χ4n) is 2.77. The molecule has 0 saturated heterocycles. The number of ether oxygens (including phenoxy) is 1. The topological polar surface area (TPSA) is 26.3 Å². The van der Waals surface area contributed by atoms with E-state index in [1.54, 1.807) is 19.1 Å². The van der Waals surface area contributed by atoms with Crippen molar-refractivity contribution in [2.75, 3.05) is 0 Å². The molecule has 2 atom stereocenters. The van der Waals surface area contributed by atoms with Crippen molar-refractivity contribution in [1.29, 1.82) is 0 Å². The lowest BCUT2D eigenvalue weighted by Gasteiger charge is -2.09. The summed E-state index contributed by atoms with van der Waals surface area (Å²) < 4.78 is 31.9. The second-order valence-electron chi connectivity index (χ2n) is 6.22. The highest BCUT2D eigenvalue weighted by Gasteiger charge is 2.61. The number of aryl methyl sites for hydroxylation is 1. The van der Waals surface area contributed by atoms with E-state index in [4.69, 9.17) is 4.74 Å². The van der Waals surface area contributed by atoms with E-state index in [0.29, 0.717) is 5.56 Å². The Kier molecular flexibility index (Phi) is 4.17. The van der Waals surface area contributed by atoms with Crippen molar-refractivity contribution in [3.63, 3.8) is 0 Å². The Bertz CT molecular complexity index is 566. The first-order chi connectivity index (χ1) is 9.75. The average molecular weight is 294 g/mol. The maximum atomic E-state index is 13.7. The van der Waals surface area contributed by atoms with Crippen LogP contribution in [0.2, 0.25) is 0 Å². The van der Waals surface area contributed by atoms with Crippen molar-refractivity contribution in [2.45, 2.75) is 34.3 Å². The first-order valence-electron chi connectivity index (χ1n) is 6.99. The Morgan fingerprint density at radius 2 is 2.10 bits per heavy atom. The third-order valence-corrected chi connectivity index (χ3v) is 4.29. The Hall–Kier alpha value is -1.71. The zero-order valence-corrected chi connectivity index (χ0v) is 12.7. The quantitative estimate of drug-likeness (QED) is 0.773. The first-order valence-corrected chi connectivity index (χ1v) is 6.99. The van der Waals surface area contributed by atoms with Crippen molar-refractivity contribution >= 4 is 5.97 Å². The number of rotatable bonds is 4. The van der Waals surface area contributed by atoms with Crippen molar-refractivity contribution in [1.82, 2.24) is 0 Å². The van der Waals surface area contributed by atoms with Crippen LogP contribution in [0.3, 0.4) is 0 Å². The van der Waals surface area contributed by atoms with Gasteiger partial charge in [0.25, 0.3) is 0 Å². The van der Waals surface area contributed by atoms with Crippen LogP contribution in [0.4, 0.5) is 8.78 Å². The van der Waals surface area contributed by atoms with Gasteiger partial charge in [0.2, 0.25) is 0 Å². The molecule has 0 N–H and O–H groups in total. The van der Waals surface area contributed by atoms with Crippen LogP contribution in [0.15, 0.2) is 30.1 Å². The summed E-state index contributed by atoms with van der Waals surface area (Å²) in [5, 5.41) is 0. The average Bonchev–Trinajstić information content (AvgIpc) is 2.89. The van der Waals surface area contributed by atoms with Crippen molar-refractivity contribution in [3.05, 3.63) is 47.0 Å². The van der Waals surface area contributed by atoms with Crippen molar-refractivity contribution < 1.29 is 18.3 Å². The van der Waals surface area contributed by atoms with Crippen molar-refractivity contribution in [3.8, 4) is 0 Å². The number of halogens is 2. The number of esters is 1. The minimum atomic E-state index is -0.398. The molecule has 0 aliphatic heterocycles. The van der Waals surface area contributed by atoms with Crippen LogP contribution >= 0.6 is 0 Å². The van der Waals surface area contributed by atoms with E-state index < -0.39 is 5.97 Å². The fraction of sp³-hybridized carbons (Fsp3) is 0.471. The lowest BCUT2D eigenvalue weighted by molar-refractivity contribution is -0.147. The van der Waals surface area contributed by atoms with E-state index >= 15 is 0 Å². The van der Waals surface area contributed by atoms with Gasteiger partial charge in [-0.1, -0.05) is 26.0 Å². The minimum Gasteiger partial charge on any atom is -0.460 e. The number of carbonyl (C=O) groups excluding carboxylic acids is 1. The predicted molar refractivity (Wildman–Crippen MR) is 76.6 cm³/mol. The summed E-state index contributed by atoms with van der Waals surface area (Å²) in [6, 6.07) is 4.73. The van der Waals surface area contributed by atoms with Gasteiger partial charge in [-0.2, -0.15) is 0 Å². The molecule has 1 unspecified atom stereocenters. The maximum absolute atomic E-state index is 13.7. The second-order valence-corrected chi connectivity index (χ2v) is 6.22. The molecule has 2 rings (SSSR count). The van der Waals surface area contributed by atoms with Gasteiger partial charge in [0.15, 0.2) is 0 Å². The maximum Gasteiger partial charge on any atom is 0.310 e. The van der Waals surface area contributed by atoms with Gasteiger partial charge in [-0.25, -0.2) is 8.78 Å². The molecule has 2 nitrogen and oxygen atoms in total. The molecule has 1 aromatic rings. The van der Waals surface area contributed by atoms with Crippen LogP contribution in [0.5, 0.6) is 0 Å². The van der Waals surface area contributed by atoms with Crippen molar-refractivity contribution in [2.24, 2.45) is 17.3 Å². The largest absolute Gasteiger partial charge is 0.460 e. The summed E-state index contributed by atoms with van der Waals surface area (Å²) >= 11 is 0. The van der Waals surface area contributed by atoms with Crippen LogP contribution in [-0.2, 0) is 16.1 Å². The monoisotopic (exact) mass is 294 g/mol. The van der Waals surface area contributed by atoms with Crippen LogP contribution in [0, 0.1) is 30.0 Å². The summed E-state index contributed by atoms with van der Waals surface area (Å²) in [6.07, 6.45) is 1.46. The van der Waals surface area contributed by atoms with E-state index in [9.17, 15) is 13.6 Å². The standard InChI is InChI=1S/C17H20F2O2/c1-10-6-5-7-14(19)12(10)9-21-16(20)15-13(8-11(2)18)17(15,3)4/h5-8,13,15H,9H2,1-4H3/b11-8+/t13?,15-/m0/s1. The zero-order valence-electron chi connectivity index (χ0n) is 12.7. The van der Waals surface area contributed by atoms with E-state index in [-0.39, 0.29) is 35.5 Å². The van der Waals surface area contributed by atoms with Gasteiger partial charge in [-0.15, -0.1) is 0 Å². The lowest BCUT2D eigenvalue weighted by atomic mass is 10.1. The molecule has 114 valence electrons. The molecular weight excluding hydrogens is 274 g/mol. The Labute approximate surface area is 123 Å². The van der Waals surface area contributed by atoms with Crippen LogP contribution < -0.4 is 0 Å². The molecule has 1 aromatic carbocycles. The molecular formula is C17H20F2O2. The highest BCUT2D eigenvalue weighted by molar-refractivity contribution is 5.78. The van der Waals surface area contributed by atoms with Gasteiger partial charge in [-0.3, -0.25) is 4.79 Å². The third kappa shape index (κ3) is 3.14. The summed E-state index contributed by atoms with van der Waals surface area (Å²) in [6.45, 7) is 6.84. The van der Waals surface area contributed by atoms with Gasteiger partial charge in [0.1, 0.15) is 12.4 Å².